The van der Waals surface area contributed by atoms with Crippen LogP contribution < -0.4 is 11.5 Å². The van der Waals surface area contributed by atoms with Crippen LogP contribution in [0, 0.1) is 12.3 Å². The maximum atomic E-state index is 5.70. The van der Waals surface area contributed by atoms with Gasteiger partial charge in [-0.1, -0.05) is 5.92 Å². The van der Waals surface area contributed by atoms with Crippen LogP contribution in [-0.4, -0.2) is 11.5 Å². The van der Waals surface area contributed by atoms with E-state index in [-0.39, 0.29) is 6.04 Å². The van der Waals surface area contributed by atoms with Gasteiger partial charge < -0.3 is 11.5 Å². The minimum absolute atomic E-state index is 0.153. The van der Waals surface area contributed by atoms with Crippen molar-refractivity contribution in [3.63, 3.8) is 0 Å². The fourth-order valence-corrected chi connectivity index (χ4v) is 0.893. The number of hydrogen-bond donors (Lipinski definition) is 2. The SMILES string of the molecule is C#Cc1cc(C(N)CN)ccn1. The van der Waals surface area contributed by atoms with Gasteiger partial charge in [-0.25, -0.2) is 4.98 Å². The van der Waals surface area contributed by atoms with Crippen LogP contribution in [0.5, 0.6) is 0 Å². The molecule has 3 nitrogen and oxygen atoms in total. The molecule has 0 aliphatic rings. The number of aromatic nitrogens is 1. The summed E-state index contributed by atoms with van der Waals surface area (Å²) in [6.07, 6.45) is 6.81. The van der Waals surface area contributed by atoms with Crippen LogP contribution in [0.15, 0.2) is 18.3 Å². The summed E-state index contributed by atoms with van der Waals surface area (Å²) in [6, 6.07) is 3.44. The van der Waals surface area contributed by atoms with Gasteiger partial charge in [0.15, 0.2) is 0 Å². The van der Waals surface area contributed by atoms with E-state index in [9.17, 15) is 0 Å². The first-order valence-electron chi connectivity index (χ1n) is 3.66. The van der Waals surface area contributed by atoms with Gasteiger partial charge in [-0.05, 0) is 17.7 Å². The molecule has 12 heavy (non-hydrogen) atoms. The van der Waals surface area contributed by atoms with Crippen LogP contribution >= 0.6 is 0 Å². The molecule has 1 aromatic heterocycles. The number of nitrogens with zero attached hydrogens (tertiary/aromatic N) is 1. The molecule has 0 saturated heterocycles. The second kappa shape index (κ2) is 3.86. The first-order chi connectivity index (χ1) is 5.77. The van der Waals surface area contributed by atoms with Gasteiger partial charge in [0.2, 0.25) is 0 Å². The van der Waals surface area contributed by atoms with E-state index in [1.54, 1.807) is 12.3 Å². The van der Waals surface area contributed by atoms with E-state index >= 15 is 0 Å². The Labute approximate surface area is 71.8 Å². The largest absolute Gasteiger partial charge is 0.329 e. The van der Waals surface area contributed by atoms with Crippen molar-refractivity contribution in [1.29, 1.82) is 0 Å². The molecule has 1 heterocycles. The van der Waals surface area contributed by atoms with E-state index in [1.165, 1.54) is 0 Å². The van der Waals surface area contributed by atoms with Crippen molar-refractivity contribution in [2.24, 2.45) is 11.5 Å². The van der Waals surface area contributed by atoms with Crippen LogP contribution in [0.4, 0.5) is 0 Å². The molecular weight excluding hydrogens is 150 g/mol. The number of terminal acetylenes is 1. The van der Waals surface area contributed by atoms with Gasteiger partial charge in [0, 0.05) is 18.8 Å². The second-order valence-electron chi connectivity index (χ2n) is 2.46. The maximum Gasteiger partial charge on any atom is 0.113 e. The van der Waals surface area contributed by atoms with Crippen molar-refractivity contribution in [3.8, 4) is 12.3 Å². The predicted octanol–water partition coefficient (Wildman–Crippen LogP) is 0.0214. The summed E-state index contributed by atoms with van der Waals surface area (Å²) < 4.78 is 0. The van der Waals surface area contributed by atoms with Crippen molar-refractivity contribution >= 4 is 0 Å². The molecule has 1 rings (SSSR count). The molecule has 3 heteroatoms. The average molecular weight is 161 g/mol. The highest BCUT2D eigenvalue weighted by Crippen LogP contribution is 2.08. The van der Waals surface area contributed by atoms with Crippen LogP contribution in [0.3, 0.4) is 0 Å². The molecule has 62 valence electrons. The molecule has 0 aromatic carbocycles. The van der Waals surface area contributed by atoms with Crippen LogP contribution in [0.1, 0.15) is 17.3 Å². The number of hydrogen-bond acceptors (Lipinski definition) is 3. The standard InChI is InChI=1S/C9H11N3/c1-2-8-5-7(3-4-12-8)9(11)6-10/h1,3-5,9H,6,10-11H2. The summed E-state index contributed by atoms with van der Waals surface area (Å²) in [6.45, 7) is 0.411. The van der Waals surface area contributed by atoms with E-state index in [1.807, 2.05) is 6.07 Å². The molecule has 0 bridgehead atoms. The first-order valence-corrected chi connectivity index (χ1v) is 3.66. The quantitative estimate of drug-likeness (QED) is 0.601. The monoisotopic (exact) mass is 161 g/mol. The third-order valence-corrected chi connectivity index (χ3v) is 1.61. The Morgan fingerprint density at radius 2 is 2.42 bits per heavy atom. The van der Waals surface area contributed by atoms with Crippen molar-refractivity contribution in [2.45, 2.75) is 6.04 Å². The Balaban J connectivity index is 2.95. The minimum Gasteiger partial charge on any atom is -0.329 e. The van der Waals surface area contributed by atoms with Crippen molar-refractivity contribution in [1.82, 2.24) is 4.98 Å². The fourth-order valence-electron chi connectivity index (χ4n) is 0.893. The molecule has 1 atom stereocenters. The summed E-state index contributed by atoms with van der Waals surface area (Å²) in [5, 5.41) is 0. The van der Waals surface area contributed by atoms with Crippen molar-refractivity contribution < 1.29 is 0 Å². The first kappa shape index (κ1) is 8.72. The molecule has 0 aliphatic heterocycles. The Morgan fingerprint density at radius 1 is 1.67 bits per heavy atom. The molecule has 0 fully saturated rings. The number of rotatable bonds is 2. The van der Waals surface area contributed by atoms with Crippen LogP contribution in [-0.2, 0) is 0 Å². The third kappa shape index (κ3) is 1.82. The van der Waals surface area contributed by atoms with E-state index in [4.69, 9.17) is 17.9 Å². The van der Waals surface area contributed by atoms with Gasteiger partial charge in [0.05, 0.1) is 0 Å². The molecule has 1 aromatic rings. The van der Waals surface area contributed by atoms with Crippen molar-refractivity contribution in [2.75, 3.05) is 6.54 Å². The third-order valence-electron chi connectivity index (χ3n) is 1.61. The predicted molar refractivity (Wildman–Crippen MR) is 48.2 cm³/mol. The lowest BCUT2D eigenvalue weighted by atomic mass is 10.1. The van der Waals surface area contributed by atoms with E-state index in [0.717, 1.165) is 5.56 Å². The van der Waals surface area contributed by atoms with Gasteiger partial charge in [0.25, 0.3) is 0 Å². The summed E-state index contributed by atoms with van der Waals surface area (Å²) in [7, 11) is 0. The topological polar surface area (TPSA) is 64.9 Å². The van der Waals surface area contributed by atoms with Crippen LogP contribution in [0.25, 0.3) is 0 Å². The van der Waals surface area contributed by atoms with Gasteiger partial charge >= 0.3 is 0 Å². The molecule has 0 aliphatic carbocycles. The van der Waals surface area contributed by atoms with E-state index < -0.39 is 0 Å². The molecule has 0 spiro atoms. The molecule has 1 unspecified atom stereocenters. The summed E-state index contributed by atoms with van der Waals surface area (Å²) in [5.41, 5.74) is 12.6. The molecule has 0 saturated carbocycles. The smallest absolute Gasteiger partial charge is 0.113 e. The summed E-state index contributed by atoms with van der Waals surface area (Å²) in [4.78, 5) is 3.94. The Kier molecular flexibility index (Phi) is 2.81. The van der Waals surface area contributed by atoms with Gasteiger partial charge in [-0.15, -0.1) is 6.42 Å². The highest BCUT2D eigenvalue weighted by atomic mass is 14.7. The Bertz CT molecular complexity index is 301. The zero-order chi connectivity index (χ0) is 8.97. The number of nitrogens with two attached hydrogens (primary N) is 2. The summed E-state index contributed by atoms with van der Waals surface area (Å²) >= 11 is 0. The second-order valence-corrected chi connectivity index (χ2v) is 2.46. The highest BCUT2D eigenvalue weighted by molar-refractivity contribution is 5.29. The number of pyridine rings is 1. The lowest BCUT2D eigenvalue weighted by Gasteiger charge is -2.07. The van der Waals surface area contributed by atoms with Crippen molar-refractivity contribution in [3.05, 3.63) is 29.6 Å². The molecule has 0 amide bonds. The fraction of sp³-hybridized carbons (Fsp3) is 0.222. The maximum absolute atomic E-state index is 5.70. The zero-order valence-corrected chi connectivity index (χ0v) is 6.70. The zero-order valence-electron chi connectivity index (χ0n) is 6.70. The normalized spacial score (nSPS) is 12.1. The minimum atomic E-state index is -0.153. The Hall–Kier alpha value is -1.37. The van der Waals surface area contributed by atoms with Gasteiger partial charge in [-0.2, -0.15) is 0 Å². The van der Waals surface area contributed by atoms with Gasteiger partial charge in [0.1, 0.15) is 5.69 Å². The molecular formula is C9H11N3. The van der Waals surface area contributed by atoms with Gasteiger partial charge in [-0.3, -0.25) is 0 Å². The lowest BCUT2D eigenvalue weighted by Crippen LogP contribution is -2.20. The lowest BCUT2D eigenvalue weighted by molar-refractivity contribution is 0.735. The summed E-state index contributed by atoms with van der Waals surface area (Å²) in [5.74, 6) is 2.44. The van der Waals surface area contributed by atoms with E-state index in [2.05, 4.69) is 10.9 Å². The molecule has 4 N–H and O–H groups in total. The van der Waals surface area contributed by atoms with E-state index in [0.29, 0.717) is 12.2 Å². The molecule has 0 radical (unpaired) electrons. The Morgan fingerprint density at radius 3 is 3.00 bits per heavy atom. The highest BCUT2D eigenvalue weighted by Gasteiger charge is 2.02. The van der Waals surface area contributed by atoms with Crippen LogP contribution in [0.2, 0.25) is 0 Å². The average Bonchev–Trinajstić information content (AvgIpc) is 2.17.